The Balaban J connectivity index is 0.000000218. The SMILES string of the molecule is Clc1ccccc1.NCC1CCC(NCCO)CC1. The predicted molar refractivity (Wildman–Crippen MR) is 81.3 cm³/mol. The van der Waals surface area contributed by atoms with E-state index in [2.05, 4.69) is 5.32 Å². The van der Waals surface area contributed by atoms with E-state index in [4.69, 9.17) is 22.4 Å². The molecule has 0 bridgehead atoms. The number of hydrogen-bond acceptors (Lipinski definition) is 3. The van der Waals surface area contributed by atoms with Gasteiger partial charge in [-0.2, -0.15) is 0 Å². The Kier molecular flexibility index (Phi) is 8.84. The minimum absolute atomic E-state index is 0.247. The third-order valence-corrected chi connectivity index (χ3v) is 3.71. The first kappa shape index (κ1) is 16.4. The molecule has 4 heteroatoms. The van der Waals surface area contributed by atoms with E-state index in [9.17, 15) is 0 Å². The molecule has 1 aliphatic carbocycles. The molecular formula is C15H25ClN2O. The van der Waals surface area contributed by atoms with Crippen LogP contribution in [-0.2, 0) is 0 Å². The highest BCUT2D eigenvalue weighted by atomic mass is 35.5. The van der Waals surface area contributed by atoms with Crippen LogP contribution >= 0.6 is 11.6 Å². The number of hydrogen-bond donors (Lipinski definition) is 3. The second-order valence-corrected chi connectivity index (χ2v) is 5.36. The van der Waals surface area contributed by atoms with E-state index in [0.29, 0.717) is 6.04 Å². The normalized spacial score (nSPS) is 22.5. The molecule has 0 radical (unpaired) electrons. The Morgan fingerprint density at radius 2 is 1.79 bits per heavy atom. The van der Waals surface area contributed by atoms with Gasteiger partial charge in [-0.1, -0.05) is 29.8 Å². The zero-order valence-corrected chi connectivity index (χ0v) is 12.1. The van der Waals surface area contributed by atoms with E-state index in [0.717, 1.165) is 24.0 Å². The van der Waals surface area contributed by atoms with Crippen molar-refractivity contribution in [2.45, 2.75) is 31.7 Å². The van der Waals surface area contributed by atoms with Crippen molar-refractivity contribution in [3.8, 4) is 0 Å². The maximum Gasteiger partial charge on any atom is 0.0556 e. The van der Waals surface area contributed by atoms with Crippen molar-refractivity contribution in [2.24, 2.45) is 11.7 Å². The summed E-state index contributed by atoms with van der Waals surface area (Å²) in [7, 11) is 0. The van der Waals surface area contributed by atoms with Crippen LogP contribution in [0.3, 0.4) is 0 Å². The van der Waals surface area contributed by atoms with Crippen LogP contribution in [-0.4, -0.2) is 30.8 Å². The number of benzene rings is 1. The lowest BCUT2D eigenvalue weighted by Crippen LogP contribution is -2.36. The van der Waals surface area contributed by atoms with E-state index in [1.165, 1.54) is 25.7 Å². The molecular weight excluding hydrogens is 260 g/mol. The van der Waals surface area contributed by atoms with Crippen LogP contribution in [0.2, 0.25) is 5.02 Å². The Morgan fingerprint density at radius 1 is 1.16 bits per heavy atom. The summed E-state index contributed by atoms with van der Waals surface area (Å²) in [4.78, 5) is 0. The number of aliphatic hydroxyl groups excluding tert-OH is 1. The van der Waals surface area contributed by atoms with Gasteiger partial charge in [0.25, 0.3) is 0 Å². The maximum absolute atomic E-state index is 8.61. The lowest BCUT2D eigenvalue weighted by molar-refractivity contribution is 0.254. The average molecular weight is 285 g/mol. The molecule has 0 saturated heterocycles. The highest BCUT2D eigenvalue weighted by Gasteiger charge is 2.18. The maximum atomic E-state index is 8.61. The molecule has 0 spiro atoms. The molecule has 2 rings (SSSR count). The lowest BCUT2D eigenvalue weighted by Gasteiger charge is -2.28. The van der Waals surface area contributed by atoms with E-state index in [1.54, 1.807) is 0 Å². The molecule has 1 saturated carbocycles. The molecule has 0 aliphatic heterocycles. The minimum atomic E-state index is 0.247. The van der Waals surface area contributed by atoms with Crippen LogP contribution in [0, 0.1) is 5.92 Å². The zero-order valence-electron chi connectivity index (χ0n) is 11.4. The van der Waals surface area contributed by atoms with Crippen molar-refractivity contribution in [3.63, 3.8) is 0 Å². The van der Waals surface area contributed by atoms with Crippen LogP contribution in [0.5, 0.6) is 0 Å². The van der Waals surface area contributed by atoms with Crippen molar-refractivity contribution < 1.29 is 5.11 Å². The monoisotopic (exact) mass is 284 g/mol. The molecule has 3 nitrogen and oxygen atoms in total. The van der Waals surface area contributed by atoms with Gasteiger partial charge < -0.3 is 16.2 Å². The van der Waals surface area contributed by atoms with Crippen molar-refractivity contribution in [3.05, 3.63) is 35.4 Å². The molecule has 0 amide bonds. The second kappa shape index (κ2) is 10.2. The van der Waals surface area contributed by atoms with E-state index >= 15 is 0 Å². The average Bonchev–Trinajstić information content (AvgIpc) is 2.47. The largest absolute Gasteiger partial charge is 0.395 e. The fourth-order valence-corrected chi connectivity index (χ4v) is 2.43. The molecule has 1 fully saturated rings. The predicted octanol–water partition coefficient (Wildman–Crippen LogP) is 2.43. The molecule has 4 N–H and O–H groups in total. The Morgan fingerprint density at radius 3 is 2.21 bits per heavy atom. The van der Waals surface area contributed by atoms with Gasteiger partial charge in [-0.25, -0.2) is 0 Å². The van der Waals surface area contributed by atoms with E-state index < -0.39 is 0 Å². The molecule has 0 heterocycles. The number of nitrogens with two attached hydrogens (primary N) is 1. The fraction of sp³-hybridized carbons (Fsp3) is 0.600. The topological polar surface area (TPSA) is 58.3 Å². The van der Waals surface area contributed by atoms with Crippen molar-refractivity contribution >= 4 is 11.6 Å². The zero-order chi connectivity index (χ0) is 13.9. The number of aliphatic hydroxyl groups is 1. The Hall–Kier alpha value is -0.610. The van der Waals surface area contributed by atoms with Gasteiger partial charge in [0.05, 0.1) is 6.61 Å². The van der Waals surface area contributed by atoms with Crippen molar-refractivity contribution in [1.29, 1.82) is 0 Å². The summed E-state index contributed by atoms with van der Waals surface area (Å²) < 4.78 is 0. The molecule has 19 heavy (non-hydrogen) atoms. The highest BCUT2D eigenvalue weighted by molar-refractivity contribution is 6.30. The molecule has 0 aromatic heterocycles. The lowest BCUT2D eigenvalue weighted by atomic mass is 9.86. The van der Waals surface area contributed by atoms with Gasteiger partial charge >= 0.3 is 0 Å². The molecule has 1 aromatic rings. The van der Waals surface area contributed by atoms with Crippen LogP contribution in [0.4, 0.5) is 0 Å². The third kappa shape index (κ3) is 7.53. The summed E-state index contributed by atoms with van der Waals surface area (Å²) in [6.07, 6.45) is 4.95. The van der Waals surface area contributed by atoms with Gasteiger partial charge in [0.15, 0.2) is 0 Å². The molecule has 0 atom stereocenters. The standard InChI is InChI=1S/C9H20N2O.C6H5Cl/c10-7-8-1-3-9(4-2-8)11-5-6-12;7-6-4-2-1-3-5-6/h8-9,11-12H,1-7,10H2;1-5H. The van der Waals surface area contributed by atoms with Crippen LogP contribution in [0.25, 0.3) is 0 Å². The second-order valence-electron chi connectivity index (χ2n) is 4.93. The first-order valence-electron chi connectivity index (χ1n) is 7.01. The minimum Gasteiger partial charge on any atom is -0.395 e. The van der Waals surface area contributed by atoms with Gasteiger partial charge in [0.2, 0.25) is 0 Å². The summed E-state index contributed by atoms with van der Waals surface area (Å²) in [5.41, 5.74) is 5.59. The smallest absolute Gasteiger partial charge is 0.0556 e. The van der Waals surface area contributed by atoms with Crippen molar-refractivity contribution in [2.75, 3.05) is 19.7 Å². The summed E-state index contributed by atoms with van der Waals surface area (Å²) >= 11 is 5.54. The van der Waals surface area contributed by atoms with Crippen LogP contribution < -0.4 is 11.1 Å². The van der Waals surface area contributed by atoms with E-state index in [-0.39, 0.29) is 6.61 Å². The molecule has 1 aliphatic rings. The Bertz CT molecular complexity index is 313. The van der Waals surface area contributed by atoms with Gasteiger partial charge in [0, 0.05) is 17.6 Å². The van der Waals surface area contributed by atoms with Gasteiger partial charge in [-0.05, 0) is 50.3 Å². The quantitative estimate of drug-likeness (QED) is 0.796. The van der Waals surface area contributed by atoms with Crippen molar-refractivity contribution in [1.82, 2.24) is 5.32 Å². The fourth-order valence-electron chi connectivity index (χ4n) is 2.29. The molecule has 1 aromatic carbocycles. The highest BCUT2D eigenvalue weighted by Crippen LogP contribution is 2.22. The Labute approximate surface area is 121 Å². The number of halogens is 1. The summed E-state index contributed by atoms with van der Waals surface area (Å²) in [6.45, 7) is 1.82. The van der Waals surface area contributed by atoms with Gasteiger partial charge in [0.1, 0.15) is 0 Å². The molecule has 0 unspecified atom stereocenters. The molecule has 108 valence electrons. The number of rotatable bonds is 4. The third-order valence-electron chi connectivity index (χ3n) is 3.46. The van der Waals surface area contributed by atoms with Gasteiger partial charge in [-0.3, -0.25) is 0 Å². The first-order chi connectivity index (χ1) is 9.26. The van der Waals surface area contributed by atoms with Crippen LogP contribution in [0.15, 0.2) is 30.3 Å². The van der Waals surface area contributed by atoms with Gasteiger partial charge in [-0.15, -0.1) is 0 Å². The van der Waals surface area contributed by atoms with E-state index in [1.807, 2.05) is 30.3 Å². The first-order valence-corrected chi connectivity index (χ1v) is 7.39. The summed E-state index contributed by atoms with van der Waals surface area (Å²) in [6, 6.07) is 10.1. The summed E-state index contributed by atoms with van der Waals surface area (Å²) in [5, 5.41) is 12.7. The number of nitrogens with one attached hydrogen (secondary N) is 1. The van der Waals surface area contributed by atoms with Crippen LogP contribution in [0.1, 0.15) is 25.7 Å². The summed E-state index contributed by atoms with van der Waals surface area (Å²) in [5.74, 6) is 0.747.